The van der Waals surface area contributed by atoms with E-state index in [2.05, 4.69) is 10.3 Å². The zero-order valence-corrected chi connectivity index (χ0v) is 23.0. The average molecular weight is 568 g/mol. The highest BCUT2D eigenvalue weighted by Crippen LogP contribution is 2.41. The molecular formula is C23H29N5O8S2. The van der Waals surface area contributed by atoms with Gasteiger partial charge in [0.05, 0.1) is 11.3 Å². The van der Waals surface area contributed by atoms with E-state index in [0.717, 1.165) is 0 Å². The molecule has 0 spiro atoms. The number of ether oxygens (including phenoxy) is 3. The number of carbonyl (C=O) groups is 5. The third-order valence-corrected chi connectivity index (χ3v) is 7.43. The molecule has 0 unspecified atom stereocenters. The van der Waals surface area contributed by atoms with Crippen LogP contribution < -0.4 is 11.1 Å². The summed E-state index contributed by atoms with van der Waals surface area (Å²) in [6, 6.07) is -0.921. The SMILES string of the molecule is CC/C=C(/C(=O)N[C@@H]1C(=O)N2C(C(=O)OCOC(=O)CC)=C(COC(=O)N(C)C)CS[C@H]12)c1csc(N)n1. The predicted octanol–water partition coefficient (Wildman–Crippen LogP) is 1.32. The standard InChI is InChI=1S/C23H29N5O8S2/c1-5-7-13(14-10-38-22(24)25-14)18(30)26-16-19(31)28-17(21(32)36-11-35-15(29)6-2)12(9-37-20(16)28)8-34-23(33)27(3)4/h7,10,16,20H,5-6,8-9,11H2,1-4H3,(H2,24,25)(H,26,30)/b13-7+/t16-,20-/m1/s1. The third-order valence-electron chi connectivity index (χ3n) is 5.41. The van der Waals surface area contributed by atoms with Gasteiger partial charge in [-0.05, 0) is 6.42 Å². The fourth-order valence-corrected chi connectivity index (χ4v) is 5.42. The molecule has 0 aromatic carbocycles. The summed E-state index contributed by atoms with van der Waals surface area (Å²) in [6.07, 6.45) is 1.71. The van der Waals surface area contributed by atoms with Crippen molar-refractivity contribution in [2.75, 3.05) is 39.0 Å². The smallest absolute Gasteiger partial charge is 0.409 e. The summed E-state index contributed by atoms with van der Waals surface area (Å²) in [5, 5.41) is 4.09. The van der Waals surface area contributed by atoms with E-state index in [1.165, 1.54) is 47.0 Å². The number of allylic oxidation sites excluding steroid dienone is 1. The number of hydrogen-bond donors (Lipinski definition) is 2. The monoisotopic (exact) mass is 567 g/mol. The van der Waals surface area contributed by atoms with E-state index in [9.17, 15) is 24.0 Å². The number of fused-ring (bicyclic) bond motifs is 1. The summed E-state index contributed by atoms with van der Waals surface area (Å²) >= 11 is 2.49. The van der Waals surface area contributed by atoms with Gasteiger partial charge in [0.2, 0.25) is 6.79 Å². The molecule has 0 bridgehead atoms. The number of amides is 3. The van der Waals surface area contributed by atoms with Gasteiger partial charge in [0.1, 0.15) is 23.7 Å². The first-order valence-electron chi connectivity index (χ1n) is 11.6. The number of esters is 2. The number of nitrogens with one attached hydrogen (secondary N) is 1. The molecule has 3 amide bonds. The van der Waals surface area contributed by atoms with E-state index >= 15 is 0 Å². The zero-order valence-electron chi connectivity index (χ0n) is 21.3. The Morgan fingerprint density at radius 1 is 1.24 bits per heavy atom. The van der Waals surface area contributed by atoms with Gasteiger partial charge in [-0.15, -0.1) is 23.1 Å². The molecule has 0 radical (unpaired) electrons. The van der Waals surface area contributed by atoms with Gasteiger partial charge in [-0.2, -0.15) is 0 Å². The summed E-state index contributed by atoms with van der Waals surface area (Å²) in [7, 11) is 3.01. The minimum Gasteiger partial charge on any atom is -0.445 e. The van der Waals surface area contributed by atoms with Crippen LogP contribution in [0.25, 0.3) is 5.57 Å². The van der Waals surface area contributed by atoms with Crippen LogP contribution in [0.15, 0.2) is 22.7 Å². The number of thioether (sulfide) groups is 1. The van der Waals surface area contributed by atoms with Crippen LogP contribution in [0, 0.1) is 0 Å². The van der Waals surface area contributed by atoms with Crippen molar-refractivity contribution in [3.63, 3.8) is 0 Å². The van der Waals surface area contributed by atoms with Crippen LogP contribution in [-0.2, 0) is 33.4 Å². The van der Waals surface area contributed by atoms with Crippen molar-refractivity contribution < 1.29 is 38.2 Å². The average Bonchev–Trinajstić information content (AvgIpc) is 3.33. The molecule has 1 aromatic heterocycles. The Labute approximate surface area is 227 Å². The Bertz CT molecular complexity index is 1180. The number of anilines is 1. The molecule has 3 heterocycles. The van der Waals surface area contributed by atoms with Crippen LogP contribution in [-0.4, -0.2) is 89.3 Å². The van der Waals surface area contributed by atoms with Crippen LogP contribution in [0.1, 0.15) is 32.4 Å². The number of β-lactam (4-membered cyclic amide) rings is 1. The maximum atomic E-state index is 13.2. The Morgan fingerprint density at radius 3 is 2.58 bits per heavy atom. The van der Waals surface area contributed by atoms with Crippen LogP contribution in [0.5, 0.6) is 0 Å². The van der Waals surface area contributed by atoms with Gasteiger partial charge in [0.15, 0.2) is 5.13 Å². The maximum Gasteiger partial charge on any atom is 0.409 e. The first-order valence-corrected chi connectivity index (χ1v) is 13.6. The molecule has 2 aliphatic rings. The quantitative estimate of drug-likeness (QED) is 0.181. The number of nitrogens with two attached hydrogens (primary N) is 1. The van der Waals surface area contributed by atoms with Gasteiger partial charge in [-0.25, -0.2) is 14.6 Å². The molecule has 1 saturated heterocycles. The Kier molecular flexibility index (Phi) is 9.74. The van der Waals surface area contributed by atoms with Crippen LogP contribution in [0.3, 0.4) is 0 Å². The van der Waals surface area contributed by atoms with Gasteiger partial charge in [0, 0.05) is 37.2 Å². The summed E-state index contributed by atoms with van der Waals surface area (Å²) in [5.41, 5.74) is 6.64. The second-order valence-electron chi connectivity index (χ2n) is 8.28. The van der Waals surface area contributed by atoms with E-state index in [0.29, 0.717) is 22.8 Å². The van der Waals surface area contributed by atoms with E-state index in [1.54, 1.807) is 18.4 Å². The molecule has 206 valence electrons. The number of carbonyl (C=O) groups excluding carboxylic acids is 5. The first-order chi connectivity index (χ1) is 18.1. The van der Waals surface area contributed by atoms with E-state index < -0.39 is 48.1 Å². The molecule has 1 aromatic rings. The minimum atomic E-state index is -0.921. The highest BCUT2D eigenvalue weighted by Gasteiger charge is 2.54. The molecule has 3 rings (SSSR count). The molecule has 0 saturated carbocycles. The Hall–Kier alpha value is -3.59. The fourth-order valence-electron chi connectivity index (χ4n) is 3.53. The van der Waals surface area contributed by atoms with Crippen molar-refractivity contribution in [3.8, 4) is 0 Å². The summed E-state index contributed by atoms with van der Waals surface area (Å²) in [5.74, 6) is -2.30. The van der Waals surface area contributed by atoms with Gasteiger partial charge >= 0.3 is 18.0 Å². The molecule has 0 aliphatic carbocycles. The lowest BCUT2D eigenvalue weighted by atomic mass is 10.0. The summed E-state index contributed by atoms with van der Waals surface area (Å²) in [6.45, 7) is 2.55. The van der Waals surface area contributed by atoms with Crippen molar-refractivity contribution in [3.05, 3.63) is 28.4 Å². The lowest BCUT2D eigenvalue weighted by Gasteiger charge is -2.49. The highest BCUT2D eigenvalue weighted by atomic mass is 32.2. The Balaban J connectivity index is 1.79. The van der Waals surface area contributed by atoms with Gasteiger partial charge in [0.25, 0.3) is 11.8 Å². The topological polar surface area (TPSA) is 170 Å². The number of hydrogen-bond acceptors (Lipinski definition) is 12. The molecule has 15 heteroatoms. The van der Waals surface area contributed by atoms with Gasteiger partial charge in [-0.1, -0.05) is 19.9 Å². The van der Waals surface area contributed by atoms with Crippen LogP contribution in [0.2, 0.25) is 0 Å². The minimum absolute atomic E-state index is 0.0959. The normalized spacial score (nSPS) is 18.8. The fraction of sp³-hybridized carbons (Fsp3) is 0.478. The zero-order chi connectivity index (χ0) is 28.0. The third kappa shape index (κ3) is 6.45. The largest absolute Gasteiger partial charge is 0.445 e. The number of rotatable bonds is 10. The number of thiazole rings is 1. The van der Waals surface area contributed by atoms with Crippen LogP contribution in [0.4, 0.5) is 9.93 Å². The van der Waals surface area contributed by atoms with Crippen molar-refractivity contribution >= 4 is 63.6 Å². The van der Waals surface area contributed by atoms with Crippen molar-refractivity contribution in [2.45, 2.75) is 38.1 Å². The lowest BCUT2D eigenvalue weighted by molar-refractivity contribution is -0.167. The number of aromatic nitrogens is 1. The molecule has 38 heavy (non-hydrogen) atoms. The molecule has 3 N–H and O–H groups in total. The molecule has 2 aliphatic heterocycles. The van der Waals surface area contributed by atoms with E-state index in [1.807, 2.05) is 6.92 Å². The number of nitrogen functional groups attached to an aromatic ring is 1. The van der Waals surface area contributed by atoms with Crippen molar-refractivity contribution in [1.82, 2.24) is 20.1 Å². The maximum absolute atomic E-state index is 13.2. The second kappa shape index (κ2) is 12.8. The molecular weight excluding hydrogens is 538 g/mol. The van der Waals surface area contributed by atoms with Gasteiger partial charge in [-0.3, -0.25) is 19.3 Å². The van der Waals surface area contributed by atoms with Crippen LogP contribution >= 0.6 is 23.1 Å². The highest BCUT2D eigenvalue weighted by molar-refractivity contribution is 8.00. The van der Waals surface area contributed by atoms with Crippen molar-refractivity contribution in [2.24, 2.45) is 0 Å². The molecule has 2 atom stereocenters. The summed E-state index contributed by atoms with van der Waals surface area (Å²) in [4.78, 5) is 69.1. The molecule has 1 fully saturated rings. The molecule has 13 nitrogen and oxygen atoms in total. The summed E-state index contributed by atoms with van der Waals surface area (Å²) < 4.78 is 15.1. The Morgan fingerprint density at radius 2 is 1.97 bits per heavy atom. The second-order valence-corrected chi connectivity index (χ2v) is 10.3. The number of nitrogens with zero attached hydrogens (tertiary/aromatic N) is 3. The lowest BCUT2D eigenvalue weighted by Crippen LogP contribution is -2.70. The first kappa shape index (κ1) is 29.0. The predicted molar refractivity (Wildman–Crippen MR) is 139 cm³/mol. The van der Waals surface area contributed by atoms with Gasteiger partial charge < -0.3 is 30.2 Å². The van der Waals surface area contributed by atoms with Crippen molar-refractivity contribution in [1.29, 1.82) is 0 Å². The van der Waals surface area contributed by atoms with E-state index in [4.69, 9.17) is 19.9 Å². The van der Waals surface area contributed by atoms with E-state index in [-0.39, 0.29) is 30.1 Å².